The van der Waals surface area contributed by atoms with E-state index in [4.69, 9.17) is 10.8 Å². The number of anilines is 3. The summed E-state index contributed by atoms with van der Waals surface area (Å²) < 4.78 is 0. The van der Waals surface area contributed by atoms with Gasteiger partial charge >= 0.3 is 5.97 Å². The zero-order valence-corrected chi connectivity index (χ0v) is 12.7. The molecular formula is C17H15N5O2. The molecule has 3 aromatic rings. The lowest BCUT2D eigenvalue weighted by molar-refractivity contribution is -0.136. The lowest BCUT2D eigenvalue weighted by Crippen LogP contribution is -2.11. The fraction of sp³-hybridized carbons (Fsp3) is 0.0588. The van der Waals surface area contributed by atoms with Crippen molar-refractivity contribution in [1.29, 1.82) is 0 Å². The van der Waals surface area contributed by atoms with Crippen LogP contribution in [0.4, 0.5) is 17.2 Å². The first-order valence-electron chi connectivity index (χ1n) is 7.24. The third-order valence-electron chi connectivity index (χ3n) is 3.30. The molecule has 3 rings (SSSR count). The quantitative estimate of drug-likeness (QED) is 0.661. The van der Waals surface area contributed by atoms with Gasteiger partial charge in [-0.05, 0) is 24.3 Å². The van der Waals surface area contributed by atoms with Gasteiger partial charge in [0, 0.05) is 23.6 Å². The van der Waals surface area contributed by atoms with Crippen LogP contribution in [-0.2, 0) is 11.2 Å². The van der Waals surface area contributed by atoms with Gasteiger partial charge < -0.3 is 16.2 Å². The van der Waals surface area contributed by atoms with Crippen LogP contribution in [0, 0.1) is 0 Å². The van der Waals surface area contributed by atoms with Crippen LogP contribution in [-0.4, -0.2) is 26.0 Å². The van der Waals surface area contributed by atoms with Crippen molar-refractivity contribution in [3.63, 3.8) is 0 Å². The Bertz CT molecular complexity index is 854. The number of carboxylic acids is 1. The Hall–Kier alpha value is -3.48. The van der Waals surface area contributed by atoms with Gasteiger partial charge in [-0.15, -0.1) is 0 Å². The van der Waals surface area contributed by atoms with Gasteiger partial charge in [0.05, 0.1) is 17.8 Å². The molecule has 0 atom stereocenters. The Morgan fingerprint density at radius 2 is 1.92 bits per heavy atom. The molecule has 1 aromatic carbocycles. The molecule has 2 aromatic heterocycles. The number of aromatic nitrogens is 3. The second-order valence-electron chi connectivity index (χ2n) is 5.06. The Balaban J connectivity index is 2.07. The Morgan fingerprint density at radius 3 is 2.58 bits per heavy atom. The van der Waals surface area contributed by atoms with Gasteiger partial charge in [0.15, 0.2) is 11.6 Å². The van der Waals surface area contributed by atoms with Crippen LogP contribution in [0.25, 0.3) is 11.4 Å². The number of carboxylic acid groups (broad SMARTS) is 1. The maximum Gasteiger partial charge on any atom is 0.309 e. The molecule has 120 valence electrons. The van der Waals surface area contributed by atoms with Crippen LogP contribution in [0.2, 0.25) is 0 Å². The standard InChI is InChI=1S/C17H15N5O2/c18-15-13(9-14(23)24)21-16(11-5-4-8-19-10-11)22-17(15)20-12-6-2-1-3-7-12/h1-8,10H,9,18H2,(H,23,24)(H,20,21,22). The molecule has 0 radical (unpaired) electrons. The highest BCUT2D eigenvalue weighted by molar-refractivity contribution is 5.78. The van der Waals surface area contributed by atoms with Gasteiger partial charge in [0.1, 0.15) is 0 Å². The van der Waals surface area contributed by atoms with Crippen LogP contribution in [0.3, 0.4) is 0 Å². The van der Waals surface area contributed by atoms with Gasteiger partial charge in [-0.25, -0.2) is 9.97 Å². The van der Waals surface area contributed by atoms with Gasteiger partial charge in [-0.1, -0.05) is 18.2 Å². The van der Waals surface area contributed by atoms with E-state index in [1.807, 2.05) is 30.3 Å². The summed E-state index contributed by atoms with van der Waals surface area (Å²) in [4.78, 5) is 23.8. The predicted octanol–water partition coefficient (Wildman–Crippen LogP) is 2.49. The van der Waals surface area contributed by atoms with E-state index in [9.17, 15) is 4.79 Å². The van der Waals surface area contributed by atoms with Gasteiger partial charge in [-0.2, -0.15) is 0 Å². The number of benzene rings is 1. The fourth-order valence-electron chi connectivity index (χ4n) is 2.17. The smallest absolute Gasteiger partial charge is 0.309 e. The molecular weight excluding hydrogens is 306 g/mol. The van der Waals surface area contributed by atoms with E-state index in [0.29, 0.717) is 17.2 Å². The van der Waals surface area contributed by atoms with Crippen molar-refractivity contribution >= 4 is 23.2 Å². The van der Waals surface area contributed by atoms with E-state index in [-0.39, 0.29) is 17.8 Å². The van der Waals surface area contributed by atoms with Crippen LogP contribution < -0.4 is 11.1 Å². The van der Waals surface area contributed by atoms with E-state index >= 15 is 0 Å². The summed E-state index contributed by atoms with van der Waals surface area (Å²) in [5.41, 5.74) is 8.01. The van der Waals surface area contributed by atoms with Crippen molar-refractivity contribution in [3.05, 3.63) is 60.6 Å². The zero-order valence-electron chi connectivity index (χ0n) is 12.7. The Morgan fingerprint density at radius 1 is 1.12 bits per heavy atom. The molecule has 7 heteroatoms. The molecule has 0 aliphatic carbocycles. The summed E-state index contributed by atoms with van der Waals surface area (Å²) in [6, 6.07) is 12.9. The largest absolute Gasteiger partial charge is 0.481 e. The number of nitrogens with one attached hydrogen (secondary N) is 1. The van der Waals surface area contributed by atoms with Crippen LogP contribution in [0.15, 0.2) is 54.9 Å². The number of nitrogens with two attached hydrogens (primary N) is 1. The average Bonchev–Trinajstić information content (AvgIpc) is 2.59. The van der Waals surface area contributed by atoms with E-state index in [2.05, 4.69) is 20.3 Å². The third-order valence-corrected chi connectivity index (χ3v) is 3.30. The van der Waals surface area contributed by atoms with Crippen LogP contribution >= 0.6 is 0 Å². The molecule has 2 heterocycles. The number of para-hydroxylation sites is 1. The van der Waals surface area contributed by atoms with Crippen LogP contribution in [0.1, 0.15) is 5.69 Å². The van der Waals surface area contributed by atoms with E-state index in [1.54, 1.807) is 24.5 Å². The van der Waals surface area contributed by atoms with Crippen molar-refractivity contribution in [3.8, 4) is 11.4 Å². The highest BCUT2D eigenvalue weighted by Crippen LogP contribution is 2.27. The van der Waals surface area contributed by atoms with Gasteiger partial charge in [0.2, 0.25) is 0 Å². The summed E-state index contributed by atoms with van der Waals surface area (Å²) in [7, 11) is 0. The SMILES string of the molecule is Nc1c(CC(=O)O)nc(-c2cccnc2)nc1Nc1ccccc1. The second-order valence-corrected chi connectivity index (χ2v) is 5.06. The normalized spacial score (nSPS) is 10.3. The number of hydrogen-bond donors (Lipinski definition) is 3. The Labute approximate surface area is 138 Å². The molecule has 0 unspecified atom stereocenters. The predicted molar refractivity (Wildman–Crippen MR) is 90.7 cm³/mol. The topological polar surface area (TPSA) is 114 Å². The summed E-state index contributed by atoms with van der Waals surface area (Å²) in [5, 5.41) is 12.2. The monoisotopic (exact) mass is 321 g/mol. The molecule has 0 aliphatic rings. The number of carbonyl (C=O) groups is 1. The van der Waals surface area contributed by atoms with Crippen molar-refractivity contribution < 1.29 is 9.90 Å². The van der Waals surface area contributed by atoms with Gasteiger partial charge in [0.25, 0.3) is 0 Å². The molecule has 0 saturated carbocycles. The molecule has 0 spiro atoms. The van der Waals surface area contributed by atoms with E-state index in [0.717, 1.165) is 5.69 Å². The Kier molecular flexibility index (Phi) is 4.33. The molecule has 0 aliphatic heterocycles. The molecule has 7 nitrogen and oxygen atoms in total. The summed E-state index contributed by atoms with van der Waals surface area (Å²) >= 11 is 0. The van der Waals surface area contributed by atoms with Crippen molar-refractivity contribution in [1.82, 2.24) is 15.0 Å². The minimum Gasteiger partial charge on any atom is -0.481 e. The zero-order chi connectivity index (χ0) is 16.9. The molecule has 0 fully saturated rings. The highest BCUT2D eigenvalue weighted by atomic mass is 16.4. The number of nitrogens with zero attached hydrogens (tertiary/aromatic N) is 3. The number of rotatable bonds is 5. The minimum absolute atomic E-state index is 0.217. The lowest BCUT2D eigenvalue weighted by atomic mass is 10.2. The minimum atomic E-state index is -1.01. The molecule has 24 heavy (non-hydrogen) atoms. The second kappa shape index (κ2) is 6.74. The number of pyridine rings is 1. The summed E-state index contributed by atoms with van der Waals surface area (Å²) in [5.74, 6) is -0.276. The lowest BCUT2D eigenvalue weighted by Gasteiger charge is -2.13. The van der Waals surface area contributed by atoms with E-state index < -0.39 is 5.97 Å². The van der Waals surface area contributed by atoms with E-state index in [1.165, 1.54) is 0 Å². The third kappa shape index (κ3) is 3.46. The van der Waals surface area contributed by atoms with Crippen molar-refractivity contribution in [2.45, 2.75) is 6.42 Å². The number of nitrogen functional groups attached to an aromatic ring is 1. The summed E-state index contributed by atoms with van der Waals surface area (Å²) in [6.07, 6.45) is 2.97. The first-order valence-corrected chi connectivity index (χ1v) is 7.24. The first kappa shape index (κ1) is 15.4. The summed E-state index contributed by atoms with van der Waals surface area (Å²) in [6.45, 7) is 0. The number of hydrogen-bond acceptors (Lipinski definition) is 6. The van der Waals surface area contributed by atoms with Crippen LogP contribution in [0.5, 0.6) is 0 Å². The molecule has 0 amide bonds. The van der Waals surface area contributed by atoms with Crippen molar-refractivity contribution in [2.75, 3.05) is 11.1 Å². The fourth-order valence-corrected chi connectivity index (χ4v) is 2.17. The molecule has 0 saturated heterocycles. The van der Waals surface area contributed by atoms with Gasteiger partial charge in [-0.3, -0.25) is 9.78 Å². The van der Waals surface area contributed by atoms with Crippen molar-refractivity contribution in [2.24, 2.45) is 0 Å². The first-order chi connectivity index (χ1) is 11.6. The molecule has 0 bridgehead atoms. The number of aliphatic carboxylic acids is 1. The average molecular weight is 321 g/mol. The maximum absolute atomic E-state index is 11.1. The highest BCUT2D eigenvalue weighted by Gasteiger charge is 2.15. The molecule has 4 N–H and O–H groups in total. The maximum atomic E-state index is 11.1.